The lowest BCUT2D eigenvalue weighted by Gasteiger charge is -2.36. The lowest BCUT2D eigenvalue weighted by Crippen LogP contribution is -2.35. The topological polar surface area (TPSA) is 21.3 Å². The second kappa shape index (κ2) is 3.82. The molecule has 2 aliphatic rings. The van der Waals surface area contributed by atoms with Crippen LogP contribution in [0.4, 0.5) is 0 Å². The molecule has 0 aliphatic heterocycles. The van der Waals surface area contributed by atoms with Crippen molar-refractivity contribution < 1.29 is 4.74 Å². The molecule has 2 heteroatoms. The lowest BCUT2D eigenvalue weighted by molar-refractivity contribution is -0.0170. The Kier molecular flexibility index (Phi) is 2.85. The zero-order valence-electron chi connectivity index (χ0n) is 9.68. The average molecular weight is 197 g/mol. The van der Waals surface area contributed by atoms with Gasteiger partial charge in [-0.05, 0) is 49.6 Å². The standard InChI is InChI=1S/C12H23NO/c1-9(2)7-13-8-10-4-12(10)5-11(6-12)14-3/h9-11,13H,4-8H2,1-3H3. The predicted molar refractivity (Wildman–Crippen MR) is 58.3 cm³/mol. The van der Waals surface area contributed by atoms with Gasteiger partial charge in [0.25, 0.3) is 0 Å². The van der Waals surface area contributed by atoms with Crippen molar-refractivity contribution in [3.05, 3.63) is 0 Å². The predicted octanol–water partition coefficient (Wildman–Crippen LogP) is 2.05. The molecule has 2 saturated carbocycles. The van der Waals surface area contributed by atoms with E-state index in [1.54, 1.807) is 0 Å². The van der Waals surface area contributed by atoms with Crippen LogP contribution in [0, 0.1) is 17.3 Å². The van der Waals surface area contributed by atoms with Crippen LogP contribution in [0.25, 0.3) is 0 Å². The smallest absolute Gasteiger partial charge is 0.0582 e. The second-order valence-corrected chi connectivity index (χ2v) is 5.58. The number of methoxy groups -OCH3 is 1. The minimum absolute atomic E-state index is 0.574. The molecule has 1 atom stereocenters. The van der Waals surface area contributed by atoms with Gasteiger partial charge in [0.1, 0.15) is 0 Å². The van der Waals surface area contributed by atoms with Crippen molar-refractivity contribution in [1.82, 2.24) is 5.32 Å². The van der Waals surface area contributed by atoms with Crippen molar-refractivity contribution in [1.29, 1.82) is 0 Å². The van der Waals surface area contributed by atoms with Crippen molar-refractivity contribution in [2.45, 2.75) is 39.2 Å². The van der Waals surface area contributed by atoms with Crippen LogP contribution >= 0.6 is 0 Å². The maximum Gasteiger partial charge on any atom is 0.0582 e. The summed E-state index contributed by atoms with van der Waals surface area (Å²) in [6, 6.07) is 0. The van der Waals surface area contributed by atoms with Gasteiger partial charge in [-0.3, -0.25) is 0 Å². The molecule has 0 radical (unpaired) electrons. The van der Waals surface area contributed by atoms with Crippen molar-refractivity contribution in [3.8, 4) is 0 Å². The monoisotopic (exact) mass is 197 g/mol. The zero-order chi connectivity index (χ0) is 10.2. The molecule has 2 nitrogen and oxygen atoms in total. The Morgan fingerprint density at radius 1 is 1.36 bits per heavy atom. The molecular formula is C12H23NO. The zero-order valence-corrected chi connectivity index (χ0v) is 9.68. The molecule has 0 aromatic carbocycles. The molecule has 0 saturated heterocycles. The number of hydrogen-bond acceptors (Lipinski definition) is 2. The van der Waals surface area contributed by atoms with Crippen LogP contribution in [-0.2, 0) is 4.74 Å². The summed E-state index contributed by atoms with van der Waals surface area (Å²) in [6.45, 7) is 6.93. The first kappa shape index (κ1) is 10.4. The fourth-order valence-corrected chi connectivity index (χ4v) is 2.78. The molecule has 0 aromatic heterocycles. The Morgan fingerprint density at radius 2 is 2.07 bits per heavy atom. The fraction of sp³-hybridized carbons (Fsp3) is 1.00. The molecule has 82 valence electrons. The highest BCUT2D eigenvalue weighted by Crippen LogP contribution is 2.65. The van der Waals surface area contributed by atoms with Gasteiger partial charge in [0.05, 0.1) is 6.10 Å². The van der Waals surface area contributed by atoms with Crippen LogP contribution in [0.2, 0.25) is 0 Å². The highest BCUT2D eigenvalue weighted by Gasteiger charge is 2.61. The first-order valence-corrected chi connectivity index (χ1v) is 5.90. The molecule has 0 bridgehead atoms. The van der Waals surface area contributed by atoms with E-state index in [0.29, 0.717) is 11.5 Å². The van der Waals surface area contributed by atoms with Gasteiger partial charge in [0.2, 0.25) is 0 Å². The SMILES string of the molecule is COC1CC2(C1)CC2CNCC(C)C. The number of ether oxygens (including phenoxy) is 1. The molecule has 0 amide bonds. The van der Waals surface area contributed by atoms with E-state index in [2.05, 4.69) is 19.2 Å². The first-order chi connectivity index (χ1) is 6.66. The lowest BCUT2D eigenvalue weighted by atomic mass is 9.77. The van der Waals surface area contributed by atoms with E-state index < -0.39 is 0 Å². The second-order valence-electron chi connectivity index (χ2n) is 5.58. The Labute approximate surface area is 87.4 Å². The van der Waals surface area contributed by atoms with Gasteiger partial charge in [0, 0.05) is 7.11 Å². The Hall–Kier alpha value is -0.0800. The fourth-order valence-electron chi connectivity index (χ4n) is 2.78. The maximum absolute atomic E-state index is 5.33. The number of hydrogen-bond donors (Lipinski definition) is 1. The molecule has 2 rings (SSSR count). The molecule has 0 aromatic rings. The highest BCUT2D eigenvalue weighted by atomic mass is 16.5. The van der Waals surface area contributed by atoms with Gasteiger partial charge in [-0.25, -0.2) is 0 Å². The van der Waals surface area contributed by atoms with E-state index in [9.17, 15) is 0 Å². The third kappa shape index (κ3) is 1.96. The summed E-state index contributed by atoms with van der Waals surface area (Å²) in [5.74, 6) is 1.73. The van der Waals surface area contributed by atoms with E-state index in [4.69, 9.17) is 4.74 Å². The summed E-state index contributed by atoms with van der Waals surface area (Å²) in [7, 11) is 1.84. The summed E-state index contributed by atoms with van der Waals surface area (Å²) >= 11 is 0. The van der Waals surface area contributed by atoms with Crippen molar-refractivity contribution >= 4 is 0 Å². The highest BCUT2D eigenvalue weighted by molar-refractivity contribution is 5.11. The van der Waals surface area contributed by atoms with E-state index >= 15 is 0 Å². The van der Waals surface area contributed by atoms with Gasteiger partial charge in [-0.15, -0.1) is 0 Å². The number of rotatable bonds is 5. The van der Waals surface area contributed by atoms with E-state index in [-0.39, 0.29) is 0 Å². The summed E-state index contributed by atoms with van der Waals surface area (Å²) < 4.78 is 5.33. The molecular weight excluding hydrogens is 174 g/mol. The molecule has 2 fully saturated rings. The summed E-state index contributed by atoms with van der Waals surface area (Å²) in [5, 5.41) is 3.56. The Morgan fingerprint density at radius 3 is 2.64 bits per heavy atom. The molecule has 14 heavy (non-hydrogen) atoms. The quantitative estimate of drug-likeness (QED) is 0.728. The Bertz CT molecular complexity index is 196. The normalized spacial score (nSPS) is 40.3. The minimum Gasteiger partial charge on any atom is -0.381 e. The summed E-state index contributed by atoms with van der Waals surface area (Å²) in [5.41, 5.74) is 0.713. The minimum atomic E-state index is 0.574. The third-order valence-electron chi connectivity index (χ3n) is 3.90. The van der Waals surface area contributed by atoms with Crippen LogP contribution in [0.15, 0.2) is 0 Å². The van der Waals surface area contributed by atoms with Gasteiger partial charge in [-0.2, -0.15) is 0 Å². The molecule has 1 spiro atoms. The Balaban J connectivity index is 1.59. The van der Waals surface area contributed by atoms with E-state index in [1.807, 2.05) is 7.11 Å². The van der Waals surface area contributed by atoms with Crippen molar-refractivity contribution in [3.63, 3.8) is 0 Å². The summed E-state index contributed by atoms with van der Waals surface area (Å²) in [6.07, 6.45) is 4.65. The average Bonchev–Trinajstić information content (AvgIpc) is 2.75. The molecule has 1 unspecified atom stereocenters. The third-order valence-corrected chi connectivity index (χ3v) is 3.90. The van der Waals surface area contributed by atoms with Crippen LogP contribution in [0.5, 0.6) is 0 Å². The summed E-state index contributed by atoms with van der Waals surface area (Å²) in [4.78, 5) is 0. The van der Waals surface area contributed by atoms with E-state index in [1.165, 1.54) is 32.4 Å². The van der Waals surface area contributed by atoms with Crippen LogP contribution < -0.4 is 5.32 Å². The van der Waals surface area contributed by atoms with Crippen molar-refractivity contribution in [2.75, 3.05) is 20.2 Å². The van der Waals surface area contributed by atoms with Gasteiger partial charge in [-0.1, -0.05) is 13.8 Å². The van der Waals surface area contributed by atoms with Crippen LogP contribution in [-0.4, -0.2) is 26.3 Å². The van der Waals surface area contributed by atoms with Crippen LogP contribution in [0.1, 0.15) is 33.1 Å². The van der Waals surface area contributed by atoms with Crippen molar-refractivity contribution in [2.24, 2.45) is 17.3 Å². The maximum atomic E-state index is 5.33. The molecule has 2 aliphatic carbocycles. The first-order valence-electron chi connectivity index (χ1n) is 5.90. The molecule has 0 heterocycles. The van der Waals surface area contributed by atoms with Crippen LogP contribution in [0.3, 0.4) is 0 Å². The van der Waals surface area contributed by atoms with E-state index in [0.717, 1.165) is 11.8 Å². The van der Waals surface area contributed by atoms with Gasteiger partial charge in [0.15, 0.2) is 0 Å². The molecule has 1 N–H and O–H groups in total. The number of nitrogens with one attached hydrogen (secondary N) is 1. The van der Waals surface area contributed by atoms with Gasteiger partial charge < -0.3 is 10.1 Å². The largest absolute Gasteiger partial charge is 0.381 e. The van der Waals surface area contributed by atoms with Gasteiger partial charge >= 0.3 is 0 Å².